The van der Waals surface area contributed by atoms with Crippen molar-refractivity contribution in [1.82, 2.24) is 0 Å². The van der Waals surface area contributed by atoms with Gasteiger partial charge in [0.05, 0.1) is 18.4 Å². The summed E-state index contributed by atoms with van der Waals surface area (Å²) >= 11 is 0. The Morgan fingerprint density at radius 1 is 1.32 bits per heavy atom. The first-order valence-corrected chi connectivity index (χ1v) is 7.71. The maximum Gasteiger partial charge on any atom is 0.335 e. The molecular weight excluding hydrogens is 268 g/mol. The van der Waals surface area contributed by atoms with E-state index in [0.717, 1.165) is 18.9 Å². The first-order chi connectivity index (χ1) is 8.92. The van der Waals surface area contributed by atoms with E-state index in [1.54, 1.807) is 0 Å². The molecule has 0 bridgehead atoms. The van der Waals surface area contributed by atoms with E-state index in [1.165, 1.54) is 19.2 Å². The minimum Gasteiger partial charge on any atom is -0.495 e. The molecule has 0 aromatic heterocycles. The molecule has 1 N–H and O–H groups in total. The SMILES string of the molecule is CCCCCS(=O)(=O)c1cc(C(=O)O)ccc1OC. The van der Waals surface area contributed by atoms with Crippen LogP contribution in [-0.4, -0.2) is 32.4 Å². The monoisotopic (exact) mass is 286 g/mol. The molecule has 6 heteroatoms. The van der Waals surface area contributed by atoms with Crippen LogP contribution in [0.1, 0.15) is 36.5 Å². The average molecular weight is 286 g/mol. The van der Waals surface area contributed by atoms with Crippen molar-refractivity contribution in [3.05, 3.63) is 23.8 Å². The predicted octanol–water partition coefficient (Wildman–Crippen LogP) is 2.36. The second kappa shape index (κ2) is 6.56. The second-order valence-corrected chi connectivity index (χ2v) is 6.27. The van der Waals surface area contributed by atoms with Gasteiger partial charge >= 0.3 is 5.97 Å². The summed E-state index contributed by atoms with van der Waals surface area (Å²) in [4.78, 5) is 10.9. The van der Waals surface area contributed by atoms with Crippen LogP contribution in [-0.2, 0) is 9.84 Å². The van der Waals surface area contributed by atoms with Gasteiger partial charge in [0.25, 0.3) is 0 Å². The summed E-state index contributed by atoms with van der Waals surface area (Å²) in [5, 5.41) is 8.92. The molecule has 0 aliphatic carbocycles. The predicted molar refractivity (Wildman–Crippen MR) is 71.5 cm³/mol. The largest absolute Gasteiger partial charge is 0.495 e. The first-order valence-electron chi connectivity index (χ1n) is 6.06. The Hall–Kier alpha value is -1.56. The van der Waals surface area contributed by atoms with E-state index in [1.807, 2.05) is 6.92 Å². The van der Waals surface area contributed by atoms with Gasteiger partial charge in [-0.1, -0.05) is 19.8 Å². The molecule has 0 aliphatic rings. The molecule has 0 saturated carbocycles. The van der Waals surface area contributed by atoms with Crippen LogP contribution in [0.25, 0.3) is 0 Å². The molecular formula is C13H18O5S. The standard InChI is InChI=1S/C13H18O5S/c1-3-4-5-8-19(16,17)12-9-10(13(14)15)6-7-11(12)18-2/h6-7,9H,3-5,8H2,1-2H3,(H,14,15). The highest BCUT2D eigenvalue weighted by Gasteiger charge is 2.21. The van der Waals surface area contributed by atoms with Crippen LogP contribution in [0.2, 0.25) is 0 Å². The number of hydrogen-bond acceptors (Lipinski definition) is 4. The molecule has 19 heavy (non-hydrogen) atoms. The summed E-state index contributed by atoms with van der Waals surface area (Å²) in [5.41, 5.74) is -0.0603. The molecule has 0 radical (unpaired) electrons. The van der Waals surface area contributed by atoms with Crippen molar-refractivity contribution in [2.75, 3.05) is 12.9 Å². The molecule has 1 aromatic carbocycles. The Balaban J connectivity index is 3.15. The summed E-state index contributed by atoms with van der Waals surface area (Å²) in [6.07, 6.45) is 2.29. The van der Waals surface area contributed by atoms with Gasteiger partial charge in [0.2, 0.25) is 0 Å². The normalized spacial score (nSPS) is 11.3. The lowest BCUT2D eigenvalue weighted by Crippen LogP contribution is -2.10. The quantitative estimate of drug-likeness (QED) is 0.778. The van der Waals surface area contributed by atoms with Crippen molar-refractivity contribution < 1.29 is 23.1 Å². The Morgan fingerprint density at radius 3 is 2.53 bits per heavy atom. The maximum atomic E-state index is 12.2. The zero-order chi connectivity index (χ0) is 14.5. The van der Waals surface area contributed by atoms with Crippen LogP contribution in [0.15, 0.2) is 23.1 Å². The van der Waals surface area contributed by atoms with Crippen molar-refractivity contribution in [1.29, 1.82) is 0 Å². The van der Waals surface area contributed by atoms with E-state index in [9.17, 15) is 13.2 Å². The Labute approximate surface area is 113 Å². The van der Waals surface area contributed by atoms with Crippen LogP contribution in [0.5, 0.6) is 5.75 Å². The molecule has 1 rings (SSSR count). The van der Waals surface area contributed by atoms with Gasteiger partial charge < -0.3 is 9.84 Å². The number of carboxylic acids is 1. The second-order valence-electron chi connectivity index (χ2n) is 4.20. The van der Waals surface area contributed by atoms with Crippen LogP contribution in [0.4, 0.5) is 0 Å². The maximum absolute atomic E-state index is 12.2. The molecule has 0 atom stereocenters. The molecule has 0 amide bonds. The van der Waals surface area contributed by atoms with Crippen molar-refractivity contribution in [3.63, 3.8) is 0 Å². The zero-order valence-electron chi connectivity index (χ0n) is 11.0. The van der Waals surface area contributed by atoms with Gasteiger partial charge in [0.1, 0.15) is 10.6 Å². The fraction of sp³-hybridized carbons (Fsp3) is 0.462. The van der Waals surface area contributed by atoms with Crippen molar-refractivity contribution in [3.8, 4) is 5.75 Å². The molecule has 106 valence electrons. The van der Waals surface area contributed by atoms with Crippen LogP contribution in [0.3, 0.4) is 0 Å². The smallest absolute Gasteiger partial charge is 0.335 e. The summed E-state index contributed by atoms with van der Waals surface area (Å²) < 4.78 is 29.4. The number of carboxylic acid groups (broad SMARTS) is 1. The van der Waals surface area contributed by atoms with Gasteiger partial charge in [0.15, 0.2) is 9.84 Å². The lowest BCUT2D eigenvalue weighted by Gasteiger charge is -2.10. The Bertz CT molecular complexity index is 548. The van der Waals surface area contributed by atoms with Crippen molar-refractivity contribution in [2.24, 2.45) is 0 Å². The topological polar surface area (TPSA) is 80.7 Å². The summed E-state index contributed by atoms with van der Waals surface area (Å²) in [7, 11) is -2.16. The molecule has 0 heterocycles. The van der Waals surface area contributed by atoms with Crippen molar-refractivity contribution >= 4 is 15.8 Å². The van der Waals surface area contributed by atoms with Gasteiger partial charge in [-0.25, -0.2) is 13.2 Å². The molecule has 0 aliphatic heterocycles. The minimum atomic E-state index is -3.52. The third kappa shape index (κ3) is 3.96. The van der Waals surface area contributed by atoms with E-state index in [2.05, 4.69) is 0 Å². The third-order valence-electron chi connectivity index (χ3n) is 2.76. The van der Waals surface area contributed by atoms with Gasteiger partial charge in [-0.05, 0) is 24.6 Å². The Kier molecular flexibility index (Phi) is 5.35. The number of aromatic carboxylic acids is 1. The molecule has 0 unspecified atom stereocenters. The molecule has 5 nitrogen and oxygen atoms in total. The summed E-state index contributed by atoms with van der Waals surface area (Å²) in [5.74, 6) is -0.977. The number of sulfone groups is 1. The van der Waals surface area contributed by atoms with Gasteiger partial charge in [-0.2, -0.15) is 0 Å². The molecule has 0 spiro atoms. The lowest BCUT2D eigenvalue weighted by molar-refractivity contribution is 0.0696. The van der Waals surface area contributed by atoms with Crippen molar-refractivity contribution in [2.45, 2.75) is 31.1 Å². The number of carbonyl (C=O) groups is 1. The van der Waals surface area contributed by atoms with Gasteiger partial charge in [-0.15, -0.1) is 0 Å². The molecule has 0 fully saturated rings. The number of rotatable bonds is 7. The zero-order valence-corrected chi connectivity index (χ0v) is 11.9. The number of benzene rings is 1. The fourth-order valence-electron chi connectivity index (χ4n) is 1.70. The summed E-state index contributed by atoms with van der Waals surface area (Å²) in [6.45, 7) is 1.98. The van der Waals surface area contributed by atoms with Crippen LogP contribution >= 0.6 is 0 Å². The van der Waals surface area contributed by atoms with Crippen LogP contribution < -0.4 is 4.74 Å². The highest BCUT2D eigenvalue weighted by molar-refractivity contribution is 7.91. The number of ether oxygens (including phenoxy) is 1. The van der Waals surface area contributed by atoms with Crippen LogP contribution in [0, 0.1) is 0 Å². The number of hydrogen-bond donors (Lipinski definition) is 1. The minimum absolute atomic E-state index is 0.000270. The van der Waals surface area contributed by atoms with E-state index in [-0.39, 0.29) is 22.0 Å². The highest BCUT2D eigenvalue weighted by Crippen LogP contribution is 2.26. The van der Waals surface area contributed by atoms with E-state index in [0.29, 0.717) is 6.42 Å². The van der Waals surface area contributed by atoms with E-state index in [4.69, 9.17) is 9.84 Å². The first kappa shape index (κ1) is 15.5. The van der Waals surface area contributed by atoms with Gasteiger partial charge in [-0.3, -0.25) is 0 Å². The highest BCUT2D eigenvalue weighted by atomic mass is 32.2. The molecule has 1 aromatic rings. The fourth-order valence-corrected chi connectivity index (χ4v) is 3.27. The molecule has 0 saturated heterocycles. The lowest BCUT2D eigenvalue weighted by atomic mass is 10.2. The Morgan fingerprint density at radius 2 is 2.00 bits per heavy atom. The average Bonchev–Trinajstić information content (AvgIpc) is 2.38. The number of methoxy groups -OCH3 is 1. The van der Waals surface area contributed by atoms with Gasteiger partial charge in [0, 0.05) is 0 Å². The third-order valence-corrected chi connectivity index (χ3v) is 4.58. The van der Waals surface area contributed by atoms with E-state index < -0.39 is 15.8 Å². The number of unbranched alkanes of at least 4 members (excludes halogenated alkanes) is 2. The summed E-state index contributed by atoms with van der Waals surface area (Å²) in [6, 6.07) is 3.85. The van der Waals surface area contributed by atoms with E-state index >= 15 is 0 Å².